The lowest BCUT2D eigenvalue weighted by molar-refractivity contribution is -0.119. The van der Waals surface area contributed by atoms with E-state index in [1.54, 1.807) is 19.3 Å². The molecule has 2 atom stereocenters. The van der Waals surface area contributed by atoms with E-state index in [4.69, 9.17) is 0 Å². The van der Waals surface area contributed by atoms with Crippen molar-refractivity contribution in [3.63, 3.8) is 0 Å². The van der Waals surface area contributed by atoms with E-state index in [-0.39, 0.29) is 17.9 Å². The zero-order chi connectivity index (χ0) is 17.4. The summed E-state index contributed by atoms with van der Waals surface area (Å²) in [5.74, 6) is 1.89. The predicted molar refractivity (Wildman–Crippen MR) is 93.2 cm³/mol. The number of hydrogen-bond acceptors (Lipinski definition) is 5. The number of anilines is 1. The summed E-state index contributed by atoms with van der Waals surface area (Å²) < 4.78 is 0. The summed E-state index contributed by atoms with van der Waals surface area (Å²) in [6.07, 6.45) is 7.89. The Balaban J connectivity index is 1.50. The summed E-state index contributed by atoms with van der Waals surface area (Å²) in [4.78, 5) is 36.9. The van der Waals surface area contributed by atoms with Crippen molar-refractivity contribution >= 4 is 17.6 Å². The highest BCUT2D eigenvalue weighted by Crippen LogP contribution is 2.42. The molecule has 1 aliphatic carbocycles. The van der Waals surface area contributed by atoms with Gasteiger partial charge in [-0.05, 0) is 31.6 Å². The first kappa shape index (κ1) is 16.3. The van der Waals surface area contributed by atoms with Gasteiger partial charge in [0.2, 0.25) is 5.91 Å². The van der Waals surface area contributed by atoms with Gasteiger partial charge in [-0.15, -0.1) is 0 Å². The molecule has 3 aliphatic rings. The maximum atomic E-state index is 12.6. The van der Waals surface area contributed by atoms with Crippen molar-refractivity contribution in [2.24, 2.45) is 11.8 Å². The smallest absolute Gasteiger partial charge is 0.274 e. The zero-order valence-electron chi connectivity index (χ0n) is 14.6. The summed E-state index contributed by atoms with van der Waals surface area (Å²) in [6.45, 7) is 4.79. The Labute approximate surface area is 147 Å². The average Bonchev–Trinajstić information content (AvgIpc) is 3.14. The predicted octanol–water partition coefficient (Wildman–Crippen LogP) is 1.06. The SMILES string of the molecule is CC(=O)NC1CN(c2cncc(C(=O)N3CCCC3)n2)CC1C1CC1. The van der Waals surface area contributed by atoms with Crippen LogP contribution in [-0.2, 0) is 4.79 Å². The Morgan fingerprint density at radius 3 is 2.60 bits per heavy atom. The van der Waals surface area contributed by atoms with Gasteiger partial charge in [0, 0.05) is 39.0 Å². The first-order valence-corrected chi connectivity index (χ1v) is 9.25. The molecule has 7 heteroatoms. The Bertz CT molecular complexity index is 669. The van der Waals surface area contributed by atoms with Gasteiger partial charge in [0.05, 0.1) is 18.4 Å². The van der Waals surface area contributed by atoms with Gasteiger partial charge >= 0.3 is 0 Å². The second-order valence-corrected chi connectivity index (χ2v) is 7.48. The third-order valence-electron chi connectivity index (χ3n) is 5.54. The molecule has 0 radical (unpaired) electrons. The van der Waals surface area contributed by atoms with Crippen molar-refractivity contribution in [3.05, 3.63) is 18.1 Å². The highest BCUT2D eigenvalue weighted by Gasteiger charge is 2.43. The van der Waals surface area contributed by atoms with Crippen LogP contribution in [0.4, 0.5) is 5.82 Å². The highest BCUT2D eigenvalue weighted by molar-refractivity contribution is 5.92. The van der Waals surface area contributed by atoms with Gasteiger partial charge < -0.3 is 15.1 Å². The molecule has 1 saturated carbocycles. The van der Waals surface area contributed by atoms with E-state index in [0.717, 1.165) is 44.8 Å². The van der Waals surface area contributed by atoms with Crippen LogP contribution in [0.3, 0.4) is 0 Å². The van der Waals surface area contributed by atoms with E-state index in [1.807, 2.05) is 4.90 Å². The van der Waals surface area contributed by atoms with Crippen LogP contribution in [-0.4, -0.2) is 58.9 Å². The maximum Gasteiger partial charge on any atom is 0.274 e. The van der Waals surface area contributed by atoms with Gasteiger partial charge in [-0.1, -0.05) is 0 Å². The van der Waals surface area contributed by atoms with Crippen molar-refractivity contribution in [2.75, 3.05) is 31.1 Å². The van der Waals surface area contributed by atoms with Gasteiger partial charge in [-0.25, -0.2) is 4.98 Å². The lowest BCUT2D eigenvalue weighted by Crippen LogP contribution is -2.40. The fourth-order valence-corrected chi connectivity index (χ4v) is 4.13. The van der Waals surface area contributed by atoms with Crippen LogP contribution in [0.2, 0.25) is 0 Å². The molecule has 4 rings (SSSR count). The van der Waals surface area contributed by atoms with Crippen LogP contribution in [0.15, 0.2) is 12.4 Å². The van der Waals surface area contributed by atoms with Crippen LogP contribution >= 0.6 is 0 Å². The van der Waals surface area contributed by atoms with Crippen molar-refractivity contribution in [1.29, 1.82) is 0 Å². The summed E-state index contributed by atoms with van der Waals surface area (Å²) >= 11 is 0. The second-order valence-electron chi connectivity index (χ2n) is 7.48. The van der Waals surface area contributed by atoms with Crippen molar-refractivity contribution in [2.45, 2.75) is 38.6 Å². The second kappa shape index (κ2) is 6.61. The van der Waals surface area contributed by atoms with E-state index in [1.165, 1.54) is 12.8 Å². The Morgan fingerprint density at radius 2 is 1.92 bits per heavy atom. The van der Waals surface area contributed by atoms with Crippen LogP contribution in [0.5, 0.6) is 0 Å². The topological polar surface area (TPSA) is 78.4 Å². The van der Waals surface area contributed by atoms with E-state index in [9.17, 15) is 9.59 Å². The highest BCUT2D eigenvalue weighted by atomic mass is 16.2. The lowest BCUT2D eigenvalue weighted by Gasteiger charge is -2.19. The molecule has 2 aliphatic heterocycles. The molecule has 0 aromatic carbocycles. The number of carbonyl (C=O) groups is 2. The monoisotopic (exact) mass is 343 g/mol. The Hall–Kier alpha value is -2.18. The van der Waals surface area contributed by atoms with Crippen LogP contribution < -0.4 is 10.2 Å². The minimum atomic E-state index is -0.0248. The molecule has 2 amide bonds. The number of aromatic nitrogens is 2. The molecule has 2 saturated heterocycles. The molecule has 2 unspecified atom stereocenters. The molecule has 0 bridgehead atoms. The number of rotatable bonds is 4. The van der Waals surface area contributed by atoms with Crippen LogP contribution in [0.25, 0.3) is 0 Å². The zero-order valence-corrected chi connectivity index (χ0v) is 14.6. The Morgan fingerprint density at radius 1 is 1.16 bits per heavy atom. The molecular weight excluding hydrogens is 318 g/mol. The third-order valence-corrected chi connectivity index (χ3v) is 5.54. The minimum absolute atomic E-state index is 0.0153. The van der Waals surface area contributed by atoms with Gasteiger partial charge in [0.25, 0.3) is 5.91 Å². The van der Waals surface area contributed by atoms with E-state index >= 15 is 0 Å². The van der Waals surface area contributed by atoms with Crippen molar-refractivity contribution in [3.8, 4) is 0 Å². The quantitative estimate of drug-likeness (QED) is 0.884. The number of nitrogens with zero attached hydrogens (tertiary/aromatic N) is 4. The first-order chi connectivity index (χ1) is 12.1. The summed E-state index contributed by atoms with van der Waals surface area (Å²) in [7, 11) is 0. The number of nitrogens with one attached hydrogen (secondary N) is 1. The average molecular weight is 343 g/mol. The molecule has 0 spiro atoms. The van der Waals surface area contributed by atoms with Gasteiger partial charge in [0.1, 0.15) is 11.5 Å². The number of likely N-dealkylation sites (tertiary alicyclic amines) is 1. The minimum Gasteiger partial charge on any atom is -0.353 e. The fraction of sp³-hybridized carbons (Fsp3) is 0.667. The van der Waals surface area contributed by atoms with Gasteiger partial charge in [-0.3, -0.25) is 14.6 Å². The van der Waals surface area contributed by atoms with Gasteiger partial charge in [0.15, 0.2) is 0 Å². The van der Waals surface area contributed by atoms with E-state index in [2.05, 4.69) is 20.2 Å². The summed E-state index contributed by atoms with van der Waals surface area (Å²) in [5, 5.41) is 3.09. The number of amides is 2. The molecule has 25 heavy (non-hydrogen) atoms. The Kier molecular flexibility index (Phi) is 4.31. The first-order valence-electron chi connectivity index (χ1n) is 9.25. The molecule has 3 fully saturated rings. The molecule has 134 valence electrons. The van der Waals surface area contributed by atoms with E-state index in [0.29, 0.717) is 17.5 Å². The molecule has 1 N–H and O–H groups in total. The fourth-order valence-electron chi connectivity index (χ4n) is 4.13. The van der Waals surface area contributed by atoms with Crippen LogP contribution in [0.1, 0.15) is 43.1 Å². The maximum absolute atomic E-state index is 12.6. The molecule has 1 aromatic heterocycles. The molecular formula is C18H25N5O2. The summed E-state index contributed by atoms with van der Waals surface area (Å²) in [6, 6.07) is 0.157. The molecule has 3 heterocycles. The van der Waals surface area contributed by atoms with Gasteiger partial charge in [-0.2, -0.15) is 0 Å². The third kappa shape index (κ3) is 3.45. The largest absolute Gasteiger partial charge is 0.353 e. The summed E-state index contributed by atoms with van der Waals surface area (Å²) in [5.41, 5.74) is 0.422. The van der Waals surface area contributed by atoms with Crippen molar-refractivity contribution in [1.82, 2.24) is 20.2 Å². The number of hydrogen-bond donors (Lipinski definition) is 1. The standard InChI is InChI=1S/C18H25N5O2/c1-12(24)20-16-11-23(10-14(16)13-4-5-13)17-9-19-8-15(21-17)18(25)22-6-2-3-7-22/h8-9,13-14,16H,2-7,10-11H2,1H3,(H,20,24). The molecule has 1 aromatic rings. The molecule has 7 nitrogen and oxygen atoms in total. The van der Waals surface area contributed by atoms with E-state index < -0.39 is 0 Å². The van der Waals surface area contributed by atoms with Crippen LogP contribution in [0, 0.1) is 11.8 Å². The number of carbonyl (C=O) groups excluding carboxylic acids is 2. The van der Waals surface area contributed by atoms with Crippen molar-refractivity contribution < 1.29 is 9.59 Å². The lowest BCUT2D eigenvalue weighted by atomic mass is 9.98. The normalized spacial score (nSPS) is 26.1.